The molecule has 0 unspecified atom stereocenters. The Morgan fingerprint density at radius 1 is 1.22 bits per heavy atom. The fraction of sp³-hybridized carbons (Fsp3) is 0.158. The molecule has 1 aliphatic rings. The van der Waals surface area contributed by atoms with Crippen molar-refractivity contribution in [3.05, 3.63) is 64.1 Å². The highest BCUT2D eigenvalue weighted by Gasteiger charge is 2.32. The minimum atomic E-state index is -0.615. The summed E-state index contributed by atoms with van der Waals surface area (Å²) in [5, 5.41) is 4.66. The van der Waals surface area contributed by atoms with Gasteiger partial charge in [-0.1, -0.05) is 28.9 Å². The summed E-state index contributed by atoms with van der Waals surface area (Å²) in [6.07, 6.45) is 1.61. The zero-order valence-electron chi connectivity index (χ0n) is 14.4. The fourth-order valence-electron chi connectivity index (χ4n) is 3.31. The quantitative estimate of drug-likeness (QED) is 0.722. The van der Waals surface area contributed by atoms with Crippen LogP contribution in [0.2, 0.25) is 5.02 Å². The van der Waals surface area contributed by atoms with Crippen LogP contribution in [0.5, 0.6) is 0 Å². The molecule has 0 spiro atoms. The molecule has 27 heavy (non-hydrogen) atoms. The molecular formula is C19H16ClN5O2. The number of fused-ring (bicyclic) bond motifs is 3. The molecule has 1 amide bonds. The van der Waals surface area contributed by atoms with Crippen LogP contribution >= 0.6 is 11.6 Å². The Kier molecular flexibility index (Phi) is 4.16. The van der Waals surface area contributed by atoms with Gasteiger partial charge in [0, 0.05) is 22.3 Å². The smallest absolute Gasteiger partial charge is 0.220 e. The molecule has 1 atom stereocenters. The molecule has 0 aliphatic carbocycles. The molecular weight excluding hydrogens is 366 g/mol. The van der Waals surface area contributed by atoms with Gasteiger partial charge in [0.15, 0.2) is 5.76 Å². The standard InChI is InChI=1S/C19H16ClN5O2/c1-9-15-12-6-7-23-19(22)16(12)17(10-2-4-11(20)5-3-10)24-13(8-14(21)26)18(15)27-25-9/h2-7,13H,8H2,1H3,(H2,21,26)(H2,22,23)/t13-/m0/s1. The summed E-state index contributed by atoms with van der Waals surface area (Å²) in [6, 6.07) is 8.45. The van der Waals surface area contributed by atoms with Crippen molar-refractivity contribution < 1.29 is 9.32 Å². The Morgan fingerprint density at radius 3 is 2.67 bits per heavy atom. The molecule has 0 saturated heterocycles. The highest BCUT2D eigenvalue weighted by molar-refractivity contribution is 6.30. The van der Waals surface area contributed by atoms with Crippen LogP contribution in [-0.4, -0.2) is 21.8 Å². The molecule has 0 fully saturated rings. The lowest BCUT2D eigenvalue weighted by Crippen LogP contribution is -2.15. The van der Waals surface area contributed by atoms with Gasteiger partial charge in [-0.25, -0.2) is 4.98 Å². The van der Waals surface area contributed by atoms with E-state index in [4.69, 9.17) is 32.6 Å². The lowest BCUT2D eigenvalue weighted by Gasteiger charge is -2.13. The molecule has 3 aromatic rings. The van der Waals surface area contributed by atoms with Crippen molar-refractivity contribution in [2.75, 3.05) is 5.73 Å². The van der Waals surface area contributed by atoms with E-state index in [9.17, 15) is 4.79 Å². The zero-order valence-corrected chi connectivity index (χ0v) is 15.2. The summed E-state index contributed by atoms with van der Waals surface area (Å²) in [6.45, 7) is 1.83. The van der Waals surface area contributed by atoms with Gasteiger partial charge in [-0.2, -0.15) is 0 Å². The van der Waals surface area contributed by atoms with Gasteiger partial charge in [0.2, 0.25) is 5.91 Å². The highest BCUT2D eigenvalue weighted by atomic mass is 35.5. The van der Waals surface area contributed by atoms with Gasteiger partial charge >= 0.3 is 0 Å². The van der Waals surface area contributed by atoms with Crippen LogP contribution in [-0.2, 0) is 4.79 Å². The largest absolute Gasteiger partial charge is 0.383 e. The first-order chi connectivity index (χ1) is 13.0. The minimum Gasteiger partial charge on any atom is -0.383 e. The first kappa shape index (κ1) is 17.2. The topological polar surface area (TPSA) is 120 Å². The third kappa shape index (κ3) is 2.96. The minimum absolute atomic E-state index is 0.0138. The number of amides is 1. The second kappa shape index (κ2) is 6.51. The average Bonchev–Trinajstić information content (AvgIpc) is 2.94. The molecule has 1 aliphatic heterocycles. The normalized spacial score (nSPS) is 15.5. The van der Waals surface area contributed by atoms with Crippen molar-refractivity contribution >= 4 is 29.0 Å². The van der Waals surface area contributed by atoms with Gasteiger partial charge in [0.1, 0.15) is 11.9 Å². The molecule has 0 saturated carbocycles. The average molecular weight is 382 g/mol. The lowest BCUT2D eigenvalue weighted by molar-refractivity contribution is -0.118. The number of nitrogens with two attached hydrogens (primary N) is 2. The number of rotatable bonds is 3. The van der Waals surface area contributed by atoms with Crippen LogP contribution in [0.25, 0.3) is 11.1 Å². The Balaban J connectivity index is 2.04. The van der Waals surface area contributed by atoms with Crippen molar-refractivity contribution in [3.63, 3.8) is 0 Å². The van der Waals surface area contributed by atoms with E-state index in [0.717, 1.165) is 16.7 Å². The van der Waals surface area contributed by atoms with Crippen molar-refractivity contribution in [1.82, 2.24) is 10.1 Å². The van der Waals surface area contributed by atoms with Gasteiger partial charge in [-0.05, 0) is 25.1 Å². The number of benzene rings is 1. The van der Waals surface area contributed by atoms with Crippen LogP contribution in [0.4, 0.5) is 5.82 Å². The van der Waals surface area contributed by atoms with E-state index in [1.54, 1.807) is 18.3 Å². The Morgan fingerprint density at radius 2 is 1.96 bits per heavy atom. The van der Waals surface area contributed by atoms with E-state index in [2.05, 4.69) is 10.1 Å². The number of aryl methyl sites for hydroxylation is 1. The number of pyridine rings is 1. The number of nitrogens with zero attached hydrogens (tertiary/aromatic N) is 3. The van der Waals surface area contributed by atoms with Crippen LogP contribution < -0.4 is 11.5 Å². The number of carbonyl (C=O) groups is 1. The number of aromatic nitrogens is 2. The zero-order chi connectivity index (χ0) is 19.1. The van der Waals surface area contributed by atoms with Crippen LogP contribution in [0.3, 0.4) is 0 Å². The highest BCUT2D eigenvalue weighted by Crippen LogP contribution is 2.41. The number of hydrogen-bond donors (Lipinski definition) is 2. The summed E-state index contributed by atoms with van der Waals surface area (Å²) in [7, 11) is 0. The predicted molar refractivity (Wildman–Crippen MR) is 103 cm³/mol. The summed E-state index contributed by atoms with van der Waals surface area (Å²) < 4.78 is 5.53. The van der Waals surface area contributed by atoms with E-state index in [0.29, 0.717) is 33.6 Å². The first-order valence-corrected chi connectivity index (χ1v) is 8.67. The van der Waals surface area contributed by atoms with Gasteiger partial charge in [0.05, 0.1) is 29.0 Å². The van der Waals surface area contributed by atoms with Gasteiger partial charge in [0.25, 0.3) is 0 Å². The maximum atomic E-state index is 11.7. The van der Waals surface area contributed by atoms with E-state index in [1.165, 1.54) is 0 Å². The van der Waals surface area contributed by atoms with E-state index >= 15 is 0 Å². The number of aliphatic imine (C=N–C) groups is 1. The van der Waals surface area contributed by atoms with Crippen molar-refractivity contribution in [2.24, 2.45) is 10.7 Å². The molecule has 4 rings (SSSR count). The molecule has 2 aromatic heterocycles. The Hall–Kier alpha value is -3.19. The van der Waals surface area contributed by atoms with Gasteiger partial charge in [-0.3, -0.25) is 9.79 Å². The summed E-state index contributed by atoms with van der Waals surface area (Å²) in [4.78, 5) is 20.7. The Labute approximate surface area is 160 Å². The molecule has 4 N–H and O–H groups in total. The number of halogens is 1. The molecule has 7 nitrogen and oxygen atoms in total. The van der Waals surface area contributed by atoms with Crippen molar-refractivity contribution in [3.8, 4) is 11.1 Å². The van der Waals surface area contributed by atoms with E-state index in [1.807, 2.05) is 25.1 Å². The van der Waals surface area contributed by atoms with Crippen LogP contribution in [0, 0.1) is 6.92 Å². The SMILES string of the molecule is Cc1noc2c1-c1ccnc(N)c1C(c1ccc(Cl)cc1)=N[C@H]2CC(N)=O. The first-order valence-electron chi connectivity index (χ1n) is 8.29. The lowest BCUT2D eigenvalue weighted by atomic mass is 9.93. The van der Waals surface area contributed by atoms with Gasteiger partial charge < -0.3 is 16.0 Å². The third-order valence-electron chi connectivity index (χ3n) is 4.48. The second-order valence-electron chi connectivity index (χ2n) is 6.30. The van der Waals surface area contributed by atoms with Crippen molar-refractivity contribution in [1.29, 1.82) is 0 Å². The number of nitrogen functional groups attached to an aromatic ring is 1. The third-order valence-corrected chi connectivity index (χ3v) is 4.73. The summed E-state index contributed by atoms with van der Waals surface area (Å²) in [5.74, 6) is 0.325. The number of anilines is 1. The number of carbonyl (C=O) groups excluding carboxylic acids is 1. The predicted octanol–water partition coefficient (Wildman–Crippen LogP) is 3.05. The monoisotopic (exact) mass is 381 g/mol. The van der Waals surface area contributed by atoms with Gasteiger partial charge in [-0.15, -0.1) is 0 Å². The van der Waals surface area contributed by atoms with Crippen LogP contribution in [0.1, 0.15) is 35.0 Å². The number of hydrogen-bond acceptors (Lipinski definition) is 6. The molecule has 1 aromatic carbocycles. The second-order valence-corrected chi connectivity index (χ2v) is 6.73. The molecule has 136 valence electrons. The van der Waals surface area contributed by atoms with E-state index in [-0.39, 0.29) is 6.42 Å². The molecule has 0 bridgehead atoms. The van der Waals surface area contributed by atoms with E-state index < -0.39 is 11.9 Å². The fourth-order valence-corrected chi connectivity index (χ4v) is 3.44. The summed E-state index contributed by atoms with van der Waals surface area (Å²) >= 11 is 6.03. The number of primary amides is 1. The maximum Gasteiger partial charge on any atom is 0.220 e. The van der Waals surface area contributed by atoms with Crippen LogP contribution in [0.15, 0.2) is 46.0 Å². The maximum absolute atomic E-state index is 11.7. The Bertz CT molecular complexity index is 1070. The molecule has 8 heteroatoms. The van der Waals surface area contributed by atoms with Crippen molar-refractivity contribution in [2.45, 2.75) is 19.4 Å². The summed E-state index contributed by atoms with van der Waals surface area (Å²) in [5.41, 5.74) is 16.0. The molecule has 0 radical (unpaired) electrons. The molecule has 3 heterocycles.